The summed E-state index contributed by atoms with van der Waals surface area (Å²) in [4.78, 5) is 27.2. The number of hydrogen-bond acceptors (Lipinski definition) is 3. The van der Waals surface area contributed by atoms with E-state index in [0.717, 1.165) is 30.7 Å². The van der Waals surface area contributed by atoms with E-state index in [0.29, 0.717) is 6.54 Å². The van der Waals surface area contributed by atoms with Gasteiger partial charge in [0.2, 0.25) is 0 Å². The second-order valence-corrected chi connectivity index (χ2v) is 6.56. The molecule has 2 rings (SSSR count). The van der Waals surface area contributed by atoms with Gasteiger partial charge in [-0.15, -0.1) is 11.3 Å². The molecular weight excluding hydrogens is 274 g/mol. The number of carboxylic acids is 1. The molecule has 0 spiro atoms. The number of aryl methyl sites for hydroxylation is 2. The molecule has 20 heavy (non-hydrogen) atoms. The molecule has 0 bridgehead atoms. The molecule has 0 aromatic carbocycles. The highest BCUT2D eigenvalue weighted by atomic mass is 32.1. The zero-order chi connectivity index (χ0) is 14.7. The molecule has 2 heterocycles. The van der Waals surface area contributed by atoms with Crippen molar-refractivity contribution in [3.8, 4) is 0 Å². The summed E-state index contributed by atoms with van der Waals surface area (Å²) in [7, 11) is 0. The van der Waals surface area contributed by atoms with Crippen molar-refractivity contribution in [2.45, 2.75) is 39.5 Å². The number of likely N-dealkylation sites (tertiary alicyclic amines) is 1. The van der Waals surface area contributed by atoms with Crippen molar-refractivity contribution >= 4 is 23.2 Å². The second-order valence-electron chi connectivity index (χ2n) is 5.43. The van der Waals surface area contributed by atoms with Crippen molar-refractivity contribution in [2.75, 3.05) is 13.1 Å². The standard InChI is InChI=1S/C15H21NO3S/c1-3-12-10(2)7-13(20-12)15(19)16-6-4-5-11(9-16)8-14(17)18/h7,11H,3-6,8-9H2,1-2H3,(H,17,18). The first-order valence-electron chi connectivity index (χ1n) is 7.11. The number of carboxylic acid groups (broad SMARTS) is 1. The fourth-order valence-electron chi connectivity index (χ4n) is 2.80. The van der Waals surface area contributed by atoms with Crippen molar-refractivity contribution in [1.29, 1.82) is 0 Å². The molecule has 0 radical (unpaired) electrons. The third-order valence-electron chi connectivity index (χ3n) is 3.82. The number of amides is 1. The van der Waals surface area contributed by atoms with Crippen LogP contribution >= 0.6 is 11.3 Å². The molecule has 1 fully saturated rings. The van der Waals surface area contributed by atoms with Crippen LogP contribution in [0.1, 0.15) is 46.3 Å². The average molecular weight is 295 g/mol. The lowest BCUT2D eigenvalue weighted by atomic mass is 9.95. The van der Waals surface area contributed by atoms with Gasteiger partial charge in [-0.1, -0.05) is 6.92 Å². The molecule has 1 unspecified atom stereocenters. The Kier molecular flexibility index (Phi) is 4.81. The van der Waals surface area contributed by atoms with Crippen molar-refractivity contribution in [2.24, 2.45) is 5.92 Å². The van der Waals surface area contributed by atoms with E-state index in [1.165, 1.54) is 10.4 Å². The number of rotatable bonds is 4. The zero-order valence-electron chi connectivity index (χ0n) is 12.0. The van der Waals surface area contributed by atoms with Crippen LogP contribution < -0.4 is 0 Å². The highest BCUT2D eigenvalue weighted by Gasteiger charge is 2.26. The third kappa shape index (κ3) is 3.39. The first-order valence-corrected chi connectivity index (χ1v) is 7.93. The topological polar surface area (TPSA) is 57.6 Å². The quantitative estimate of drug-likeness (QED) is 0.929. The van der Waals surface area contributed by atoms with Gasteiger partial charge in [-0.2, -0.15) is 0 Å². The number of carbonyl (C=O) groups is 2. The van der Waals surface area contributed by atoms with Crippen LogP contribution in [0.2, 0.25) is 0 Å². The van der Waals surface area contributed by atoms with Crippen LogP contribution in [0.4, 0.5) is 0 Å². The average Bonchev–Trinajstić information content (AvgIpc) is 2.78. The number of carbonyl (C=O) groups excluding carboxylic acids is 1. The molecule has 1 aromatic heterocycles. The van der Waals surface area contributed by atoms with E-state index in [-0.39, 0.29) is 18.2 Å². The van der Waals surface area contributed by atoms with Gasteiger partial charge in [-0.25, -0.2) is 0 Å². The monoisotopic (exact) mass is 295 g/mol. The Balaban J connectivity index is 2.06. The predicted octanol–water partition coefficient (Wildman–Crippen LogP) is 2.95. The van der Waals surface area contributed by atoms with Gasteiger partial charge in [0.1, 0.15) is 0 Å². The van der Waals surface area contributed by atoms with E-state index in [1.807, 2.05) is 17.9 Å². The fourth-order valence-corrected chi connectivity index (χ4v) is 3.88. The van der Waals surface area contributed by atoms with E-state index in [2.05, 4.69) is 6.92 Å². The number of piperidine rings is 1. The summed E-state index contributed by atoms with van der Waals surface area (Å²) in [5.74, 6) is -0.616. The van der Waals surface area contributed by atoms with E-state index in [9.17, 15) is 9.59 Å². The van der Waals surface area contributed by atoms with Crippen LogP contribution in [0.5, 0.6) is 0 Å². The number of hydrogen-bond donors (Lipinski definition) is 1. The lowest BCUT2D eigenvalue weighted by molar-refractivity contribution is -0.138. The normalized spacial score (nSPS) is 19.1. The molecule has 110 valence electrons. The van der Waals surface area contributed by atoms with Gasteiger partial charge < -0.3 is 10.0 Å². The van der Waals surface area contributed by atoms with Crippen molar-refractivity contribution in [3.05, 3.63) is 21.4 Å². The van der Waals surface area contributed by atoms with Gasteiger partial charge in [-0.05, 0) is 43.7 Å². The first kappa shape index (κ1) is 15.0. The molecule has 1 aliphatic rings. The van der Waals surface area contributed by atoms with Crippen molar-refractivity contribution in [1.82, 2.24) is 4.90 Å². The highest BCUT2D eigenvalue weighted by molar-refractivity contribution is 7.14. The Morgan fingerprint density at radius 2 is 2.25 bits per heavy atom. The van der Waals surface area contributed by atoms with Crippen molar-refractivity contribution < 1.29 is 14.7 Å². The molecule has 1 atom stereocenters. The van der Waals surface area contributed by atoms with Crippen LogP contribution in [0.25, 0.3) is 0 Å². The summed E-state index contributed by atoms with van der Waals surface area (Å²) < 4.78 is 0. The van der Waals surface area contributed by atoms with Crippen LogP contribution in [0.15, 0.2) is 6.07 Å². The summed E-state index contributed by atoms with van der Waals surface area (Å²) >= 11 is 1.57. The minimum atomic E-state index is -0.774. The molecule has 1 N–H and O–H groups in total. The smallest absolute Gasteiger partial charge is 0.303 e. The maximum Gasteiger partial charge on any atom is 0.303 e. The molecule has 0 saturated carbocycles. The van der Waals surface area contributed by atoms with Crippen molar-refractivity contribution in [3.63, 3.8) is 0 Å². The molecule has 1 aliphatic heterocycles. The first-order chi connectivity index (χ1) is 9.51. The van der Waals surface area contributed by atoms with E-state index < -0.39 is 5.97 Å². The molecule has 5 heteroatoms. The maximum absolute atomic E-state index is 12.5. The Hall–Kier alpha value is -1.36. The lowest BCUT2D eigenvalue weighted by Crippen LogP contribution is -2.40. The van der Waals surface area contributed by atoms with Crippen LogP contribution in [0.3, 0.4) is 0 Å². The Morgan fingerprint density at radius 3 is 2.85 bits per heavy atom. The number of thiophene rings is 1. The summed E-state index contributed by atoms with van der Waals surface area (Å²) in [6.45, 7) is 5.45. The Labute approximate surface area is 123 Å². The fraction of sp³-hybridized carbons (Fsp3) is 0.600. The largest absolute Gasteiger partial charge is 0.481 e. The highest BCUT2D eigenvalue weighted by Crippen LogP contribution is 2.26. The lowest BCUT2D eigenvalue weighted by Gasteiger charge is -2.31. The number of nitrogens with zero attached hydrogens (tertiary/aromatic N) is 1. The SMILES string of the molecule is CCc1sc(C(=O)N2CCCC(CC(=O)O)C2)cc1C. The summed E-state index contributed by atoms with van der Waals surface area (Å²) in [5, 5.41) is 8.88. The third-order valence-corrected chi connectivity index (χ3v) is 5.19. The molecule has 1 aromatic rings. The second kappa shape index (κ2) is 6.39. The molecule has 4 nitrogen and oxygen atoms in total. The van der Waals surface area contributed by atoms with Gasteiger partial charge in [-0.3, -0.25) is 9.59 Å². The van der Waals surface area contributed by atoms with Gasteiger partial charge in [0.25, 0.3) is 5.91 Å². The maximum atomic E-state index is 12.5. The number of aliphatic carboxylic acids is 1. The molecule has 0 aliphatic carbocycles. The summed E-state index contributed by atoms with van der Waals surface area (Å²) in [6.07, 6.45) is 2.91. The van der Waals surface area contributed by atoms with Crippen LogP contribution in [0, 0.1) is 12.8 Å². The predicted molar refractivity (Wildman–Crippen MR) is 79.3 cm³/mol. The van der Waals surface area contributed by atoms with Crippen LogP contribution in [-0.2, 0) is 11.2 Å². The van der Waals surface area contributed by atoms with Gasteiger partial charge >= 0.3 is 5.97 Å². The zero-order valence-corrected chi connectivity index (χ0v) is 12.8. The van der Waals surface area contributed by atoms with E-state index >= 15 is 0 Å². The molecule has 1 saturated heterocycles. The Bertz CT molecular complexity index is 509. The summed E-state index contributed by atoms with van der Waals surface area (Å²) in [5.41, 5.74) is 1.18. The summed E-state index contributed by atoms with van der Waals surface area (Å²) in [6, 6.07) is 1.96. The van der Waals surface area contributed by atoms with E-state index in [1.54, 1.807) is 11.3 Å². The Morgan fingerprint density at radius 1 is 1.50 bits per heavy atom. The molecule has 1 amide bonds. The van der Waals surface area contributed by atoms with Gasteiger partial charge in [0.05, 0.1) is 4.88 Å². The minimum absolute atomic E-state index is 0.0629. The van der Waals surface area contributed by atoms with Crippen LogP contribution in [-0.4, -0.2) is 35.0 Å². The van der Waals surface area contributed by atoms with Gasteiger partial charge in [0, 0.05) is 24.4 Å². The van der Waals surface area contributed by atoms with Gasteiger partial charge in [0.15, 0.2) is 0 Å². The van der Waals surface area contributed by atoms with E-state index in [4.69, 9.17) is 5.11 Å². The molecular formula is C15H21NO3S. The minimum Gasteiger partial charge on any atom is -0.481 e.